The fourth-order valence-electron chi connectivity index (χ4n) is 15.8. The second-order valence-electron chi connectivity index (χ2n) is 33.1. The van der Waals surface area contributed by atoms with Gasteiger partial charge in [-0.25, -0.2) is 36.2 Å². The maximum absolute atomic E-state index is 13.7. The number of pyridine rings is 3. The molecule has 1 saturated carbocycles. The first-order valence-electron chi connectivity index (χ1n) is 41.7. The van der Waals surface area contributed by atoms with E-state index in [-0.39, 0.29) is 27.5 Å². The number of H-pyrrole nitrogens is 3. The van der Waals surface area contributed by atoms with E-state index in [2.05, 4.69) is 159 Å². The number of benzene rings is 5. The zero-order chi connectivity index (χ0) is 89.9. The number of fused-ring (bicyclic) bond motifs is 10. The number of piperidine rings is 1. The van der Waals surface area contributed by atoms with Crippen LogP contribution in [0, 0.1) is 11.3 Å². The van der Waals surface area contributed by atoms with Crippen molar-refractivity contribution in [2.45, 2.75) is 68.0 Å². The molecule has 0 bridgehead atoms. The average molecular weight is 1790 g/mol. The quantitative estimate of drug-likeness (QED) is 0.0395. The third kappa shape index (κ3) is 17.6. The van der Waals surface area contributed by atoms with Gasteiger partial charge in [-0.15, -0.1) is 15.3 Å². The highest BCUT2D eigenvalue weighted by molar-refractivity contribution is 7.91. The zero-order valence-corrected chi connectivity index (χ0v) is 74.0. The van der Waals surface area contributed by atoms with Crippen molar-refractivity contribution in [3.63, 3.8) is 0 Å². The summed E-state index contributed by atoms with van der Waals surface area (Å²) in [5.41, 5.74) is 15.8. The normalized spacial score (nSPS) is 16.3. The van der Waals surface area contributed by atoms with Gasteiger partial charge in [0.15, 0.2) is 64.4 Å². The lowest BCUT2D eigenvalue weighted by Crippen LogP contribution is -2.44. The van der Waals surface area contributed by atoms with Crippen LogP contribution in [0.4, 0.5) is 50.3 Å². The predicted molar refractivity (Wildman–Crippen MR) is 492 cm³/mol. The van der Waals surface area contributed by atoms with E-state index in [0.29, 0.717) is 95.6 Å². The molecule has 130 heavy (non-hydrogen) atoms. The molecule has 0 radical (unpaired) electrons. The topological polar surface area (TPSA) is 459 Å². The van der Waals surface area contributed by atoms with Crippen molar-refractivity contribution in [1.82, 2.24) is 119 Å². The van der Waals surface area contributed by atoms with E-state index in [4.69, 9.17) is 18.9 Å². The summed E-state index contributed by atoms with van der Waals surface area (Å²) in [7, 11) is 4.56. The van der Waals surface area contributed by atoms with Crippen molar-refractivity contribution in [1.29, 1.82) is 0 Å². The molecule has 1 aliphatic carbocycles. The highest BCUT2D eigenvalue weighted by atomic mass is 32.2. The molecule has 18 aromatic rings. The third-order valence-corrected chi connectivity index (χ3v) is 25.0. The Kier molecular flexibility index (Phi) is 22.3. The minimum absolute atomic E-state index is 0.0454. The van der Waals surface area contributed by atoms with Gasteiger partial charge in [-0.3, -0.25) is 68.6 Å². The number of hydrogen-bond acceptors (Lipinski definition) is 31. The second kappa shape index (κ2) is 34.3. The number of aromatic amines is 3. The summed E-state index contributed by atoms with van der Waals surface area (Å²) < 4.78 is 92.9. The van der Waals surface area contributed by atoms with E-state index in [0.717, 1.165) is 174 Å². The minimum Gasteiger partial charge on any atom is -0.476 e. The maximum Gasteiger partial charge on any atom is 0.241 e. The molecular weight excluding hydrogens is 1700 g/mol. The molecule has 2 saturated heterocycles. The number of anilines is 8. The van der Waals surface area contributed by atoms with Crippen molar-refractivity contribution >= 4 is 165 Å². The Hall–Kier alpha value is -15.0. The monoisotopic (exact) mass is 1790 g/mol. The Balaban J connectivity index is 0.000000105. The molecule has 39 nitrogen and oxygen atoms in total. The van der Waals surface area contributed by atoms with Crippen LogP contribution in [0.2, 0.25) is 0 Å². The second-order valence-corrected chi connectivity index (χ2v) is 37.0. The molecule has 17 heterocycles. The van der Waals surface area contributed by atoms with Crippen molar-refractivity contribution < 1.29 is 40.2 Å². The molecule has 8 N–H and O–H groups in total. The van der Waals surface area contributed by atoms with Gasteiger partial charge in [0.25, 0.3) is 0 Å². The molecule has 2 atom stereocenters. The average Bonchev–Trinajstić information content (AvgIpc) is 1.64. The maximum atomic E-state index is 13.7. The summed E-state index contributed by atoms with van der Waals surface area (Å²) in [6, 6.07) is 40.4. The van der Waals surface area contributed by atoms with Crippen LogP contribution in [-0.2, 0) is 72.7 Å². The van der Waals surface area contributed by atoms with Crippen molar-refractivity contribution in [3.05, 3.63) is 193 Å². The molecule has 5 aromatic carbocycles. The largest absolute Gasteiger partial charge is 0.476 e. The number of aryl methyl sites for hydroxylation is 5. The van der Waals surface area contributed by atoms with E-state index >= 15 is 0 Å². The number of ether oxygens (including phenoxy) is 4. The number of hydrogen-bond donors (Lipinski definition) is 8. The number of halogens is 1. The summed E-state index contributed by atoms with van der Waals surface area (Å²) >= 11 is 0. The van der Waals surface area contributed by atoms with Gasteiger partial charge in [0, 0.05) is 160 Å². The summed E-state index contributed by atoms with van der Waals surface area (Å²) in [6.45, 7) is 9.41. The van der Waals surface area contributed by atoms with Crippen molar-refractivity contribution in [2.24, 2.45) is 56.6 Å². The van der Waals surface area contributed by atoms with Crippen LogP contribution in [0.15, 0.2) is 191 Å². The van der Waals surface area contributed by atoms with E-state index in [9.17, 15) is 21.2 Å². The summed E-state index contributed by atoms with van der Waals surface area (Å²) in [5, 5.41) is 64.2. The van der Waals surface area contributed by atoms with Gasteiger partial charge in [-0.1, -0.05) is 13.0 Å². The number of nitrogens with one attached hydrogen (secondary N) is 8. The number of nitrogens with zero attached hydrogens (tertiary/aromatic N) is 23. The highest BCUT2D eigenvalue weighted by Gasteiger charge is 2.51. The van der Waals surface area contributed by atoms with E-state index < -0.39 is 25.3 Å². The predicted octanol–water partition coefficient (Wildman–Crippen LogP) is 12.1. The molecule has 0 spiro atoms. The number of aliphatic imine (C=N–C) groups is 2. The lowest BCUT2D eigenvalue weighted by atomic mass is 9.90. The molecule has 23 rings (SSSR count). The number of aromatic nitrogens is 23. The zero-order valence-electron chi connectivity index (χ0n) is 72.3. The van der Waals surface area contributed by atoms with Crippen LogP contribution in [0.1, 0.15) is 55.8 Å². The lowest BCUT2D eigenvalue weighted by molar-refractivity contribution is -0.120. The Morgan fingerprint density at radius 2 is 0.923 bits per heavy atom. The van der Waals surface area contributed by atoms with Crippen molar-refractivity contribution in [2.75, 3.05) is 85.7 Å². The molecule has 4 aliphatic heterocycles. The molecule has 13 aromatic heterocycles. The minimum atomic E-state index is -3.38. The van der Waals surface area contributed by atoms with Gasteiger partial charge in [-0.2, -0.15) is 25.5 Å². The van der Waals surface area contributed by atoms with Gasteiger partial charge in [0.1, 0.15) is 34.2 Å². The Morgan fingerprint density at radius 1 is 0.477 bits per heavy atom. The molecule has 3 fully saturated rings. The first-order valence-corrected chi connectivity index (χ1v) is 45.5. The first kappa shape index (κ1) is 84.5. The molecule has 664 valence electrons. The number of rotatable bonds is 18. The molecule has 0 amide bonds. The molecule has 2 unspecified atom stereocenters. The molecule has 5 aliphatic rings. The van der Waals surface area contributed by atoms with Crippen LogP contribution in [0.25, 0.3) is 87.7 Å². The number of likely N-dealkylation sites (tertiary alicyclic amines) is 1. The number of amidine groups is 2. The summed E-state index contributed by atoms with van der Waals surface area (Å²) in [6.07, 6.45) is 16.9. The third-order valence-electron chi connectivity index (χ3n) is 23.0. The Morgan fingerprint density at radius 3 is 1.47 bits per heavy atom. The SMILES string of the molecule is CN1CCC(Oc2nn(C)c3cc(Nc4n[nH]c5cccnc45)ccc23)CC1.Cn1nc(OCC2(C)COC2)c2ccc(Nc3[nH]nc4nccnc34)cc21.Cn1nc(OCC2CC2(C)F)c2ccc(Nc3n[nH]c4cccnc34)cc21.Cn1nc(S(C)(=O)=O)c2ccc(NC3=NCc4cccnc43)cc21.Cn1nc(S(C)(=O)=O)c2ccc(NC3=NCc4nccnc43)cc21. The van der Waals surface area contributed by atoms with Crippen LogP contribution >= 0.6 is 0 Å². The Labute approximate surface area is 741 Å². The van der Waals surface area contributed by atoms with Crippen LogP contribution in [0.5, 0.6) is 17.6 Å². The lowest BCUT2D eigenvalue weighted by Gasteiger charge is -2.37. The van der Waals surface area contributed by atoms with Gasteiger partial charge in [0.2, 0.25) is 23.3 Å². The fourth-order valence-corrected chi connectivity index (χ4v) is 17.5. The molecular formula is C88H90FN31O8S2. The first-order chi connectivity index (χ1) is 62.7. The summed E-state index contributed by atoms with van der Waals surface area (Å²) in [5.74, 6) is 5.30. The van der Waals surface area contributed by atoms with E-state index in [1.54, 1.807) is 96.6 Å². The van der Waals surface area contributed by atoms with Crippen LogP contribution in [-0.4, -0.2) is 219 Å². The van der Waals surface area contributed by atoms with Crippen LogP contribution in [0.3, 0.4) is 0 Å². The fraction of sp³-hybridized carbons (Fsp3) is 0.284. The van der Waals surface area contributed by atoms with Crippen molar-refractivity contribution in [3.8, 4) is 17.6 Å². The van der Waals surface area contributed by atoms with Gasteiger partial charge in [-0.05, 0) is 155 Å². The highest BCUT2D eigenvalue weighted by Crippen LogP contribution is 2.47. The van der Waals surface area contributed by atoms with E-state index in [1.165, 1.54) is 0 Å². The van der Waals surface area contributed by atoms with Gasteiger partial charge in [0.05, 0.1) is 100.0 Å². The standard InChI is InChI=1S/C20H23N7O.C19H19FN6O.C18H19N7O2.C16H15N5O2S.C15H14N6O2S/c1-26-10-7-14(8-11-26)28-20-15-6-5-13(12-17(15)27(2)25-20)22-19-18-16(23-24-19)4-3-9-21-18;1-19(20)9-11(19)10-27-18-13-6-5-12(8-15(13)26(2)25-18)22-17-16-14(23-24-17)4-3-7-21-16;1-18(8-26-9-18)10-27-17-12-4-3-11(7-13(12)25(2)24-17)21-16-14-15(22-23-16)20-6-5-19-14;1-21-13-8-11(5-6-12(13)16(20-21)24(2,22)23)19-15-14-10(9-18-15)4-3-7-17-14;1-21-12-7-9(3-4-10(12)15(20-21)24(2,22)23)19-14-13-11(8-18-14)16-5-6-17-13/h3-6,9,12,14H,7-8,10-11H2,1-2H3,(H2,22,23,24);3-8,11H,9-10H2,1-2H3,(H2,22,23,24);3-7H,8-10H2,1-2H3,(H2,20,21,22,23);3-8H,9H2,1-2H3,(H,18,19);3-7H,8H2,1-2H3,(H,18,19). The van der Waals surface area contributed by atoms with Gasteiger partial charge < -0.3 is 50.4 Å². The van der Waals surface area contributed by atoms with E-state index in [1.807, 2.05) is 128 Å². The van der Waals surface area contributed by atoms with Gasteiger partial charge >= 0.3 is 0 Å². The Bertz CT molecular complexity index is 7510. The van der Waals surface area contributed by atoms with Crippen LogP contribution < -0.4 is 40.8 Å². The number of alkyl halides is 1. The number of sulfone groups is 2. The summed E-state index contributed by atoms with van der Waals surface area (Å²) in [4.78, 5) is 41.4. The smallest absolute Gasteiger partial charge is 0.241 e. The molecule has 42 heteroatoms.